The largest absolute Gasteiger partial charge is 0.380 e. The van der Waals surface area contributed by atoms with Gasteiger partial charge in [-0.15, -0.1) is 0 Å². The molecule has 0 aromatic rings. The Balaban J connectivity index is 2.12. The minimum Gasteiger partial charge on any atom is -0.380 e. The van der Waals surface area contributed by atoms with Crippen molar-refractivity contribution in [3.63, 3.8) is 0 Å². The Morgan fingerprint density at radius 2 is 2.24 bits per heavy atom. The predicted octanol–water partition coefficient (Wildman–Crippen LogP) is 2.25. The summed E-state index contributed by atoms with van der Waals surface area (Å²) in [5, 5.41) is 0. The second-order valence-corrected chi connectivity index (χ2v) is 5.29. The van der Waals surface area contributed by atoms with Crippen molar-refractivity contribution >= 4 is 0 Å². The van der Waals surface area contributed by atoms with Gasteiger partial charge in [0.1, 0.15) is 0 Å². The highest BCUT2D eigenvalue weighted by atomic mass is 16.5. The first kappa shape index (κ1) is 14.9. The smallest absolute Gasteiger partial charge is 0.0698 e. The number of nitrogens with two attached hydrogens (primary N) is 1. The molecule has 2 unspecified atom stereocenters. The van der Waals surface area contributed by atoms with Gasteiger partial charge in [0, 0.05) is 13.7 Å². The summed E-state index contributed by atoms with van der Waals surface area (Å²) in [7, 11) is 1.84. The van der Waals surface area contributed by atoms with E-state index in [1.54, 1.807) is 0 Å². The van der Waals surface area contributed by atoms with Gasteiger partial charge in [-0.05, 0) is 57.7 Å². The maximum Gasteiger partial charge on any atom is 0.0698 e. The number of hydrogen-bond donors (Lipinski definition) is 1. The van der Waals surface area contributed by atoms with E-state index >= 15 is 0 Å². The average molecular weight is 242 g/mol. The molecule has 0 spiro atoms. The molecule has 3 heteroatoms. The number of rotatable bonds is 8. The maximum absolute atomic E-state index is 5.63. The molecule has 1 fully saturated rings. The number of likely N-dealkylation sites (tertiary alicyclic amines) is 1. The third-order valence-corrected chi connectivity index (χ3v) is 4.03. The number of nitrogens with zero attached hydrogens (tertiary/aromatic N) is 1. The van der Waals surface area contributed by atoms with Crippen LogP contribution in [0.4, 0.5) is 0 Å². The van der Waals surface area contributed by atoms with Gasteiger partial charge in [0.15, 0.2) is 0 Å². The fraction of sp³-hybridized carbons (Fsp3) is 1.00. The first-order valence-corrected chi connectivity index (χ1v) is 7.25. The Kier molecular flexibility index (Phi) is 7.82. The van der Waals surface area contributed by atoms with Crippen LogP contribution in [0.2, 0.25) is 0 Å². The van der Waals surface area contributed by atoms with Crippen molar-refractivity contribution in [1.29, 1.82) is 0 Å². The van der Waals surface area contributed by atoms with E-state index in [9.17, 15) is 0 Å². The lowest BCUT2D eigenvalue weighted by atomic mass is 9.96. The van der Waals surface area contributed by atoms with Crippen LogP contribution < -0.4 is 5.73 Å². The fourth-order valence-corrected chi connectivity index (χ4v) is 2.80. The molecule has 2 atom stereocenters. The van der Waals surface area contributed by atoms with Gasteiger partial charge in [-0.1, -0.05) is 13.3 Å². The third-order valence-electron chi connectivity index (χ3n) is 4.03. The molecule has 3 nitrogen and oxygen atoms in total. The molecule has 0 saturated carbocycles. The van der Waals surface area contributed by atoms with Gasteiger partial charge in [0.2, 0.25) is 0 Å². The number of methoxy groups -OCH3 is 1. The quantitative estimate of drug-likeness (QED) is 0.709. The van der Waals surface area contributed by atoms with Gasteiger partial charge in [0.25, 0.3) is 0 Å². The van der Waals surface area contributed by atoms with E-state index in [0.29, 0.717) is 6.10 Å². The minimum atomic E-state index is 0.467. The zero-order valence-electron chi connectivity index (χ0n) is 11.7. The van der Waals surface area contributed by atoms with Gasteiger partial charge >= 0.3 is 0 Å². The summed E-state index contributed by atoms with van der Waals surface area (Å²) in [4.78, 5) is 2.56. The van der Waals surface area contributed by atoms with Gasteiger partial charge in [0.05, 0.1) is 6.10 Å². The van der Waals surface area contributed by atoms with Crippen LogP contribution in [0.15, 0.2) is 0 Å². The van der Waals surface area contributed by atoms with Crippen molar-refractivity contribution in [3.05, 3.63) is 0 Å². The number of hydrogen-bond acceptors (Lipinski definition) is 3. The Bertz CT molecular complexity index is 187. The van der Waals surface area contributed by atoms with Crippen LogP contribution in [0, 0.1) is 5.92 Å². The van der Waals surface area contributed by atoms with Gasteiger partial charge < -0.3 is 15.4 Å². The molecular weight excluding hydrogens is 212 g/mol. The molecule has 1 heterocycles. The molecule has 0 bridgehead atoms. The van der Waals surface area contributed by atoms with E-state index in [0.717, 1.165) is 19.0 Å². The first-order valence-electron chi connectivity index (χ1n) is 7.25. The summed E-state index contributed by atoms with van der Waals surface area (Å²) < 4.78 is 5.45. The second-order valence-electron chi connectivity index (χ2n) is 5.29. The van der Waals surface area contributed by atoms with E-state index < -0.39 is 0 Å². The molecule has 0 aromatic heterocycles. The minimum absolute atomic E-state index is 0.467. The Morgan fingerprint density at radius 3 is 2.88 bits per heavy atom. The van der Waals surface area contributed by atoms with E-state index in [1.807, 2.05) is 7.11 Å². The summed E-state index contributed by atoms with van der Waals surface area (Å²) in [6.07, 6.45) is 8.11. The predicted molar refractivity (Wildman–Crippen MR) is 73.2 cm³/mol. The van der Waals surface area contributed by atoms with Crippen LogP contribution in [0.25, 0.3) is 0 Å². The van der Waals surface area contributed by atoms with Crippen LogP contribution in [0.3, 0.4) is 0 Å². The third kappa shape index (κ3) is 5.84. The molecule has 1 aliphatic heterocycles. The molecule has 1 saturated heterocycles. The summed E-state index contributed by atoms with van der Waals surface area (Å²) >= 11 is 0. The van der Waals surface area contributed by atoms with E-state index in [1.165, 1.54) is 51.6 Å². The normalized spacial score (nSPS) is 23.8. The molecule has 2 N–H and O–H groups in total. The van der Waals surface area contributed by atoms with Crippen molar-refractivity contribution in [2.24, 2.45) is 11.7 Å². The molecule has 0 radical (unpaired) electrons. The highest BCUT2D eigenvalue weighted by molar-refractivity contribution is 4.73. The van der Waals surface area contributed by atoms with Crippen LogP contribution in [-0.2, 0) is 4.74 Å². The topological polar surface area (TPSA) is 38.5 Å². The molecule has 0 aliphatic carbocycles. The fourth-order valence-electron chi connectivity index (χ4n) is 2.80. The second kappa shape index (κ2) is 8.90. The SMILES string of the molecule is CCC(CCN)CCCN1CCCC(OC)C1. The number of ether oxygens (including phenoxy) is 1. The molecular formula is C14H30N2O. The first-order chi connectivity index (χ1) is 8.30. The van der Waals surface area contributed by atoms with Gasteiger partial charge in [-0.25, -0.2) is 0 Å². The van der Waals surface area contributed by atoms with Crippen LogP contribution >= 0.6 is 0 Å². The van der Waals surface area contributed by atoms with Crippen molar-refractivity contribution < 1.29 is 4.74 Å². The van der Waals surface area contributed by atoms with E-state index in [-0.39, 0.29) is 0 Å². The summed E-state index contributed by atoms with van der Waals surface area (Å²) in [5.41, 5.74) is 5.63. The highest BCUT2D eigenvalue weighted by Crippen LogP contribution is 2.17. The van der Waals surface area contributed by atoms with E-state index in [4.69, 9.17) is 10.5 Å². The molecule has 102 valence electrons. The summed E-state index contributed by atoms with van der Waals surface area (Å²) in [6.45, 7) is 6.74. The molecule has 1 rings (SSSR count). The lowest BCUT2D eigenvalue weighted by molar-refractivity contribution is 0.0305. The lowest BCUT2D eigenvalue weighted by Gasteiger charge is -2.32. The Morgan fingerprint density at radius 1 is 1.41 bits per heavy atom. The standard InChI is InChI=1S/C14H30N2O/c1-3-13(8-9-15)6-4-10-16-11-5-7-14(12-16)17-2/h13-14H,3-12,15H2,1-2H3. The molecule has 1 aliphatic rings. The Labute approximate surface area is 107 Å². The zero-order valence-corrected chi connectivity index (χ0v) is 11.7. The van der Waals surface area contributed by atoms with Gasteiger partial charge in [-0.2, -0.15) is 0 Å². The van der Waals surface area contributed by atoms with Gasteiger partial charge in [-0.3, -0.25) is 0 Å². The lowest BCUT2D eigenvalue weighted by Crippen LogP contribution is -2.39. The summed E-state index contributed by atoms with van der Waals surface area (Å²) in [6, 6.07) is 0. The molecule has 0 aromatic carbocycles. The number of piperidine rings is 1. The van der Waals surface area contributed by atoms with Crippen molar-refractivity contribution in [1.82, 2.24) is 4.90 Å². The Hall–Kier alpha value is -0.120. The maximum atomic E-state index is 5.63. The monoisotopic (exact) mass is 242 g/mol. The van der Waals surface area contributed by atoms with Crippen molar-refractivity contribution in [2.45, 2.75) is 51.6 Å². The van der Waals surface area contributed by atoms with Crippen LogP contribution in [-0.4, -0.2) is 44.3 Å². The van der Waals surface area contributed by atoms with Crippen molar-refractivity contribution in [2.75, 3.05) is 33.3 Å². The zero-order chi connectivity index (χ0) is 12.5. The van der Waals surface area contributed by atoms with Crippen molar-refractivity contribution in [3.8, 4) is 0 Å². The molecule has 17 heavy (non-hydrogen) atoms. The average Bonchev–Trinajstić information content (AvgIpc) is 2.38. The van der Waals surface area contributed by atoms with Crippen LogP contribution in [0.1, 0.15) is 45.4 Å². The highest BCUT2D eigenvalue weighted by Gasteiger charge is 2.18. The van der Waals surface area contributed by atoms with Crippen LogP contribution in [0.5, 0.6) is 0 Å². The molecule has 0 amide bonds. The van der Waals surface area contributed by atoms with E-state index in [2.05, 4.69) is 11.8 Å². The summed E-state index contributed by atoms with van der Waals surface area (Å²) in [5.74, 6) is 0.836.